The van der Waals surface area contributed by atoms with Gasteiger partial charge in [0.05, 0.1) is 0 Å². The van der Waals surface area contributed by atoms with Gasteiger partial charge >= 0.3 is 0 Å². The third-order valence-electron chi connectivity index (χ3n) is 2.97. The van der Waals surface area contributed by atoms with E-state index in [1.54, 1.807) is 12.1 Å². The maximum Gasteiger partial charge on any atom is 0.125 e. The van der Waals surface area contributed by atoms with Crippen LogP contribution in [0.25, 0.3) is 0 Å². The van der Waals surface area contributed by atoms with Crippen molar-refractivity contribution in [3.8, 4) is 0 Å². The average Bonchev–Trinajstić information content (AvgIpc) is 2.33. The number of nitrogens with zero attached hydrogens (tertiary/aromatic N) is 1. The van der Waals surface area contributed by atoms with E-state index in [4.69, 9.17) is 0 Å². The minimum absolute atomic E-state index is 0.166. The lowest BCUT2D eigenvalue weighted by molar-refractivity contribution is 0.548. The van der Waals surface area contributed by atoms with Gasteiger partial charge in [0.15, 0.2) is 0 Å². The van der Waals surface area contributed by atoms with Gasteiger partial charge in [0.2, 0.25) is 0 Å². The molecule has 0 heterocycles. The zero-order chi connectivity index (χ0) is 13.4. The lowest BCUT2D eigenvalue weighted by atomic mass is 10.2. The highest BCUT2D eigenvalue weighted by molar-refractivity contribution is 5.45. The normalized spacial score (nSPS) is 10.9. The maximum atomic E-state index is 13.1. The molecule has 2 nitrogen and oxygen atoms in total. The second kappa shape index (κ2) is 8.09. The zero-order valence-corrected chi connectivity index (χ0v) is 11.7. The molecule has 0 spiro atoms. The van der Waals surface area contributed by atoms with E-state index in [0.717, 1.165) is 25.2 Å². The van der Waals surface area contributed by atoms with Crippen LogP contribution < -0.4 is 10.2 Å². The number of benzene rings is 1. The van der Waals surface area contributed by atoms with E-state index in [2.05, 4.69) is 24.1 Å². The molecule has 1 N–H and O–H groups in total. The number of hydrogen-bond donors (Lipinski definition) is 1. The summed E-state index contributed by atoms with van der Waals surface area (Å²) in [4.78, 5) is 2.11. The zero-order valence-electron chi connectivity index (χ0n) is 11.7. The molecule has 0 unspecified atom stereocenters. The maximum absolute atomic E-state index is 13.1. The number of halogens is 1. The first-order chi connectivity index (χ1) is 8.59. The Hall–Kier alpha value is -1.09. The van der Waals surface area contributed by atoms with Crippen LogP contribution >= 0.6 is 0 Å². The van der Waals surface area contributed by atoms with Crippen molar-refractivity contribution in [1.29, 1.82) is 0 Å². The van der Waals surface area contributed by atoms with Crippen molar-refractivity contribution >= 4 is 5.69 Å². The molecule has 1 rings (SSSR count). The number of unbranched alkanes of at least 4 members (excludes halogenated alkanes) is 2. The first-order valence-corrected chi connectivity index (χ1v) is 6.79. The summed E-state index contributed by atoms with van der Waals surface area (Å²) in [5.74, 6) is -0.166. The molecule has 0 saturated heterocycles. The van der Waals surface area contributed by atoms with Gasteiger partial charge in [0.1, 0.15) is 5.82 Å². The fourth-order valence-corrected chi connectivity index (χ4v) is 1.88. The summed E-state index contributed by atoms with van der Waals surface area (Å²) in [7, 11) is 2.02. The van der Waals surface area contributed by atoms with Crippen molar-refractivity contribution in [2.45, 2.75) is 39.2 Å². The Morgan fingerprint density at radius 2 is 2.00 bits per heavy atom. The van der Waals surface area contributed by atoms with E-state index in [9.17, 15) is 4.39 Å². The fourth-order valence-electron chi connectivity index (χ4n) is 1.88. The predicted octanol–water partition coefficient (Wildman–Crippen LogP) is 3.43. The molecule has 1 aromatic carbocycles. The minimum atomic E-state index is -0.166. The summed E-state index contributed by atoms with van der Waals surface area (Å²) in [6, 6.07) is 7.34. The van der Waals surface area contributed by atoms with E-state index in [1.807, 2.05) is 13.1 Å². The van der Waals surface area contributed by atoms with Crippen molar-refractivity contribution in [3.05, 3.63) is 30.1 Å². The monoisotopic (exact) mass is 252 g/mol. The van der Waals surface area contributed by atoms with Crippen LogP contribution in [0.15, 0.2) is 24.3 Å². The number of anilines is 1. The van der Waals surface area contributed by atoms with E-state index < -0.39 is 0 Å². The Balaban J connectivity index is 2.15. The molecular formula is C15H25FN2. The molecule has 0 saturated carbocycles. The summed E-state index contributed by atoms with van der Waals surface area (Å²) in [6.45, 7) is 6.39. The van der Waals surface area contributed by atoms with Gasteiger partial charge < -0.3 is 10.2 Å². The largest absolute Gasteiger partial charge is 0.375 e. The highest BCUT2D eigenvalue weighted by Crippen LogP contribution is 2.14. The van der Waals surface area contributed by atoms with Crippen molar-refractivity contribution in [2.75, 3.05) is 25.0 Å². The molecule has 1 aromatic rings. The van der Waals surface area contributed by atoms with Crippen LogP contribution in [-0.4, -0.2) is 26.2 Å². The topological polar surface area (TPSA) is 15.3 Å². The Labute approximate surface area is 110 Å². The van der Waals surface area contributed by atoms with Crippen LogP contribution in [0.4, 0.5) is 10.1 Å². The Kier molecular flexibility index (Phi) is 6.73. The van der Waals surface area contributed by atoms with Crippen molar-refractivity contribution < 1.29 is 4.39 Å². The molecule has 0 aliphatic heterocycles. The molecule has 102 valence electrons. The Morgan fingerprint density at radius 1 is 1.22 bits per heavy atom. The predicted molar refractivity (Wildman–Crippen MR) is 76.7 cm³/mol. The van der Waals surface area contributed by atoms with Gasteiger partial charge in [0, 0.05) is 25.3 Å². The average molecular weight is 252 g/mol. The van der Waals surface area contributed by atoms with Crippen LogP contribution in [0.1, 0.15) is 33.1 Å². The van der Waals surface area contributed by atoms with Crippen LogP contribution in [0.2, 0.25) is 0 Å². The molecule has 18 heavy (non-hydrogen) atoms. The Morgan fingerprint density at radius 3 is 2.67 bits per heavy atom. The van der Waals surface area contributed by atoms with Crippen molar-refractivity contribution in [3.63, 3.8) is 0 Å². The van der Waals surface area contributed by atoms with E-state index >= 15 is 0 Å². The summed E-state index contributed by atoms with van der Waals surface area (Å²) in [5.41, 5.74) is 0.954. The quantitative estimate of drug-likeness (QED) is 0.713. The molecule has 0 aliphatic carbocycles. The van der Waals surface area contributed by atoms with Crippen LogP contribution in [0, 0.1) is 5.82 Å². The third-order valence-corrected chi connectivity index (χ3v) is 2.97. The molecule has 0 aromatic heterocycles. The second-order valence-corrected chi connectivity index (χ2v) is 5.07. The second-order valence-electron chi connectivity index (χ2n) is 5.07. The lowest BCUT2D eigenvalue weighted by Crippen LogP contribution is -2.24. The summed E-state index contributed by atoms with van der Waals surface area (Å²) in [5, 5.41) is 3.41. The highest BCUT2D eigenvalue weighted by atomic mass is 19.1. The van der Waals surface area contributed by atoms with E-state index in [1.165, 1.54) is 18.9 Å². The van der Waals surface area contributed by atoms with Crippen LogP contribution in [-0.2, 0) is 0 Å². The fraction of sp³-hybridized carbons (Fsp3) is 0.600. The molecule has 3 heteroatoms. The molecular weight excluding hydrogens is 227 g/mol. The van der Waals surface area contributed by atoms with Gasteiger partial charge in [-0.3, -0.25) is 0 Å². The Bertz CT molecular complexity index is 339. The molecule has 0 amide bonds. The highest BCUT2D eigenvalue weighted by Gasteiger charge is 2.01. The third kappa shape index (κ3) is 6.01. The number of rotatable bonds is 8. The number of nitrogens with one attached hydrogen (secondary N) is 1. The van der Waals surface area contributed by atoms with Gasteiger partial charge in [-0.25, -0.2) is 4.39 Å². The number of hydrogen-bond acceptors (Lipinski definition) is 2. The van der Waals surface area contributed by atoms with Gasteiger partial charge in [-0.1, -0.05) is 26.3 Å². The van der Waals surface area contributed by atoms with Crippen LogP contribution in [0.5, 0.6) is 0 Å². The van der Waals surface area contributed by atoms with Crippen LogP contribution in [0.3, 0.4) is 0 Å². The summed E-state index contributed by atoms with van der Waals surface area (Å²) in [6.07, 6.45) is 3.56. The van der Waals surface area contributed by atoms with Gasteiger partial charge in [-0.15, -0.1) is 0 Å². The molecule has 0 aliphatic rings. The molecule has 0 radical (unpaired) electrons. The summed E-state index contributed by atoms with van der Waals surface area (Å²) >= 11 is 0. The minimum Gasteiger partial charge on any atom is -0.375 e. The summed E-state index contributed by atoms with van der Waals surface area (Å²) < 4.78 is 13.1. The van der Waals surface area contributed by atoms with Gasteiger partial charge in [-0.2, -0.15) is 0 Å². The molecule has 0 fully saturated rings. The lowest BCUT2D eigenvalue weighted by Gasteiger charge is -2.19. The first-order valence-electron chi connectivity index (χ1n) is 6.79. The van der Waals surface area contributed by atoms with Gasteiger partial charge in [0.25, 0.3) is 0 Å². The van der Waals surface area contributed by atoms with E-state index in [-0.39, 0.29) is 5.82 Å². The standard InChI is InChI=1S/C15H25FN2/c1-13(2)17-10-5-4-6-11-18(3)15-9-7-8-14(16)12-15/h7-9,12-13,17H,4-6,10-11H2,1-3H3. The SMILES string of the molecule is CC(C)NCCCCCN(C)c1cccc(F)c1. The molecule has 0 atom stereocenters. The van der Waals surface area contributed by atoms with Crippen molar-refractivity contribution in [1.82, 2.24) is 5.32 Å². The molecule has 0 bridgehead atoms. The first kappa shape index (κ1) is 15.0. The van der Waals surface area contributed by atoms with Gasteiger partial charge in [-0.05, 0) is 37.6 Å². The van der Waals surface area contributed by atoms with E-state index in [0.29, 0.717) is 6.04 Å². The smallest absolute Gasteiger partial charge is 0.125 e. The van der Waals surface area contributed by atoms with Crippen molar-refractivity contribution in [2.24, 2.45) is 0 Å².